The molecule has 10 nitrogen and oxygen atoms in total. The predicted octanol–water partition coefficient (Wildman–Crippen LogP) is 2.04. The van der Waals surface area contributed by atoms with Crippen molar-refractivity contribution < 1.29 is 14.3 Å². The minimum absolute atomic E-state index is 0.137. The zero-order valence-corrected chi connectivity index (χ0v) is 21.1. The number of anilines is 2. The van der Waals surface area contributed by atoms with Gasteiger partial charge in [-0.1, -0.05) is 11.6 Å². The number of ether oxygens (including phenoxy) is 2. The summed E-state index contributed by atoms with van der Waals surface area (Å²) in [6, 6.07) is 2.83. The second-order valence-electron chi connectivity index (χ2n) is 9.67. The number of carbonyl (C=O) groups is 1. The summed E-state index contributed by atoms with van der Waals surface area (Å²) in [7, 11) is 1.66. The van der Waals surface area contributed by atoms with Gasteiger partial charge in [0, 0.05) is 51.0 Å². The Balaban J connectivity index is 1.33. The van der Waals surface area contributed by atoms with Gasteiger partial charge in [0.1, 0.15) is 11.4 Å². The van der Waals surface area contributed by atoms with E-state index in [4.69, 9.17) is 26.8 Å². The number of rotatable bonds is 8. The average Bonchev–Trinajstić information content (AvgIpc) is 3.15. The molecule has 2 aliphatic heterocycles. The molecule has 1 fully saturated rings. The van der Waals surface area contributed by atoms with Crippen molar-refractivity contribution >= 4 is 29.1 Å². The number of benzene rings is 1. The number of aromatic amines is 1. The number of carbonyl (C=O) groups excluding carboxylic acids is 1. The van der Waals surface area contributed by atoms with Crippen molar-refractivity contribution in [2.75, 3.05) is 44.3 Å². The van der Waals surface area contributed by atoms with Gasteiger partial charge in [0.25, 0.3) is 11.5 Å². The summed E-state index contributed by atoms with van der Waals surface area (Å²) in [6.45, 7) is 6.99. The van der Waals surface area contributed by atoms with Crippen LogP contribution in [0.2, 0.25) is 5.02 Å². The topological polar surface area (TPSA) is 135 Å². The van der Waals surface area contributed by atoms with Crippen molar-refractivity contribution in [1.82, 2.24) is 20.2 Å². The molecule has 2 aromatic rings. The van der Waals surface area contributed by atoms with Gasteiger partial charge in [0.05, 0.1) is 28.4 Å². The van der Waals surface area contributed by atoms with Crippen molar-refractivity contribution in [1.29, 1.82) is 0 Å². The number of fused-ring (bicyclic) bond motifs is 1. The Morgan fingerprint density at radius 1 is 1.46 bits per heavy atom. The van der Waals surface area contributed by atoms with Crippen LogP contribution in [0.5, 0.6) is 5.75 Å². The van der Waals surface area contributed by atoms with Crippen LogP contribution in [0, 0.1) is 0 Å². The van der Waals surface area contributed by atoms with Gasteiger partial charge in [0.15, 0.2) is 0 Å². The van der Waals surface area contributed by atoms with E-state index in [-0.39, 0.29) is 23.6 Å². The molecule has 4 rings (SSSR count). The van der Waals surface area contributed by atoms with Crippen molar-refractivity contribution in [2.45, 2.75) is 50.9 Å². The second-order valence-corrected chi connectivity index (χ2v) is 10.1. The monoisotopic (exact) mass is 504 g/mol. The van der Waals surface area contributed by atoms with E-state index in [2.05, 4.69) is 25.5 Å². The lowest BCUT2D eigenvalue weighted by atomic mass is 9.97. The molecule has 0 bridgehead atoms. The fourth-order valence-electron chi connectivity index (χ4n) is 4.70. The minimum atomic E-state index is -0.447. The standard InChI is InChI=1S/C24H33ClN6O4/c1-24(2)12-15-20(26)16(25)11-14(21(15)35-24)22(33)29-17-6-10-31(13-18(17)34-3)9-4-7-27-23-28-8-5-19(32)30-23/h5,8,11,17-18H,4,6-7,9-10,12-13,26H2,1-3H3,(H,29,33)(H2,27,28,30,32)/t17-,18+/m0/s1. The summed E-state index contributed by atoms with van der Waals surface area (Å²) in [5.41, 5.74) is 7.19. The highest BCUT2D eigenvalue weighted by molar-refractivity contribution is 6.33. The Labute approximate surface area is 209 Å². The van der Waals surface area contributed by atoms with Crippen LogP contribution >= 0.6 is 11.6 Å². The lowest BCUT2D eigenvalue weighted by Gasteiger charge is -2.38. The van der Waals surface area contributed by atoms with E-state index in [1.165, 1.54) is 12.3 Å². The summed E-state index contributed by atoms with van der Waals surface area (Å²) in [5.74, 6) is 0.743. The van der Waals surface area contributed by atoms with E-state index in [1.54, 1.807) is 13.2 Å². The van der Waals surface area contributed by atoms with E-state index in [9.17, 15) is 9.59 Å². The van der Waals surface area contributed by atoms with Crippen LogP contribution in [0.15, 0.2) is 23.1 Å². The number of methoxy groups -OCH3 is 1. The molecule has 0 saturated carbocycles. The summed E-state index contributed by atoms with van der Waals surface area (Å²) in [4.78, 5) is 33.7. The van der Waals surface area contributed by atoms with Gasteiger partial charge in [-0.25, -0.2) is 4.98 Å². The van der Waals surface area contributed by atoms with E-state index in [1.807, 2.05) is 13.8 Å². The van der Waals surface area contributed by atoms with Crippen molar-refractivity contribution in [3.05, 3.63) is 44.8 Å². The second kappa shape index (κ2) is 10.4. The molecule has 5 N–H and O–H groups in total. The smallest absolute Gasteiger partial charge is 0.255 e. The molecule has 11 heteroatoms. The normalized spacial score (nSPS) is 21.3. The molecule has 0 unspecified atom stereocenters. The number of likely N-dealkylation sites (tertiary alicyclic amines) is 1. The Morgan fingerprint density at radius 2 is 2.26 bits per heavy atom. The number of nitrogens with two attached hydrogens (primary N) is 1. The van der Waals surface area contributed by atoms with Crippen LogP contribution in [0.1, 0.15) is 42.6 Å². The molecule has 2 atom stereocenters. The Morgan fingerprint density at radius 3 is 3.00 bits per heavy atom. The minimum Gasteiger partial charge on any atom is -0.486 e. The molecule has 1 saturated heterocycles. The molecule has 190 valence electrons. The number of hydrogen-bond acceptors (Lipinski definition) is 8. The summed E-state index contributed by atoms with van der Waals surface area (Å²) < 4.78 is 11.8. The molecular formula is C24H33ClN6O4. The third kappa shape index (κ3) is 5.88. The maximum Gasteiger partial charge on any atom is 0.255 e. The van der Waals surface area contributed by atoms with Crippen LogP contribution in [-0.2, 0) is 11.2 Å². The zero-order chi connectivity index (χ0) is 25.2. The highest BCUT2D eigenvalue weighted by Gasteiger charge is 2.37. The third-order valence-electron chi connectivity index (χ3n) is 6.47. The molecule has 35 heavy (non-hydrogen) atoms. The number of piperidine rings is 1. The van der Waals surface area contributed by atoms with Gasteiger partial charge in [-0.05, 0) is 39.3 Å². The lowest BCUT2D eigenvalue weighted by Crippen LogP contribution is -2.55. The van der Waals surface area contributed by atoms with Gasteiger partial charge in [-0.3, -0.25) is 14.6 Å². The van der Waals surface area contributed by atoms with E-state index < -0.39 is 5.60 Å². The molecule has 1 amide bonds. The van der Waals surface area contributed by atoms with Crippen LogP contribution in [0.25, 0.3) is 0 Å². The van der Waals surface area contributed by atoms with Crippen LogP contribution < -0.4 is 26.7 Å². The molecule has 0 radical (unpaired) electrons. The van der Waals surface area contributed by atoms with Crippen molar-refractivity contribution in [2.24, 2.45) is 0 Å². The van der Waals surface area contributed by atoms with Crippen LogP contribution in [-0.4, -0.2) is 71.8 Å². The Kier molecular flexibility index (Phi) is 7.53. The molecule has 1 aromatic heterocycles. The quantitative estimate of drug-likeness (QED) is 0.317. The number of amides is 1. The third-order valence-corrected chi connectivity index (χ3v) is 6.79. The summed E-state index contributed by atoms with van der Waals surface area (Å²) >= 11 is 6.34. The molecule has 1 aromatic carbocycles. The molecular weight excluding hydrogens is 472 g/mol. The lowest BCUT2D eigenvalue weighted by molar-refractivity contribution is 0.00634. The van der Waals surface area contributed by atoms with Crippen molar-refractivity contribution in [3.63, 3.8) is 0 Å². The fraction of sp³-hybridized carbons (Fsp3) is 0.542. The fourth-order valence-corrected chi connectivity index (χ4v) is 4.92. The van der Waals surface area contributed by atoms with Crippen molar-refractivity contribution in [3.8, 4) is 5.75 Å². The Bertz CT molecular complexity index is 1140. The largest absolute Gasteiger partial charge is 0.486 e. The van der Waals surface area contributed by atoms with Crippen LogP contribution in [0.3, 0.4) is 0 Å². The highest BCUT2D eigenvalue weighted by atomic mass is 35.5. The molecule has 3 heterocycles. The van der Waals surface area contributed by atoms with E-state index in [0.717, 1.165) is 31.5 Å². The first-order valence-electron chi connectivity index (χ1n) is 11.8. The summed E-state index contributed by atoms with van der Waals surface area (Å²) in [6.07, 6.45) is 3.54. The van der Waals surface area contributed by atoms with Gasteiger partial charge in [-0.15, -0.1) is 0 Å². The highest BCUT2D eigenvalue weighted by Crippen LogP contribution is 2.44. The number of aromatic nitrogens is 2. The number of nitrogen functional groups attached to an aromatic ring is 1. The molecule has 0 aliphatic carbocycles. The SMILES string of the molecule is CO[C@@H]1CN(CCCNc2nccc(=O)[nH]2)CC[C@@H]1NC(=O)c1cc(Cl)c(N)c2c1OC(C)(C)C2. The van der Waals surface area contributed by atoms with E-state index >= 15 is 0 Å². The summed E-state index contributed by atoms with van der Waals surface area (Å²) in [5, 5.41) is 6.61. The van der Waals surface area contributed by atoms with Gasteiger partial charge >= 0.3 is 0 Å². The zero-order valence-electron chi connectivity index (χ0n) is 20.3. The van der Waals surface area contributed by atoms with Gasteiger partial charge in [0.2, 0.25) is 5.95 Å². The predicted molar refractivity (Wildman–Crippen MR) is 135 cm³/mol. The number of nitrogens with one attached hydrogen (secondary N) is 3. The van der Waals surface area contributed by atoms with E-state index in [0.29, 0.717) is 47.5 Å². The maximum atomic E-state index is 13.3. The number of halogens is 1. The number of nitrogens with zero attached hydrogens (tertiary/aromatic N) is 2. The Hall–Kier alpha value is -2.82. The number of hydrogen-bond donors (Lipinski definition) is 4. The first-order chi connectivity index (χ1) is 16.7. The maximum absolute atomic E-state index is 13.3. The van der Waals surface area contributed by atoms with Gasteiger partial charge < -0.3 is 30.7 Å². The average molecular weight is 505 g/mol. The van der Waals surface area contributed by atoms with Crippen LogP contribution in [0.4, 0.5) is 11.6 Å². The molecule has 0 spiro atoms. The van der Waals surface area contributed by atoms with Gasteiger partial charge in [-0.2, -0.15) is 0 Å². The first kappa shape index (κ1) is 25.3. The first-order valence-corrected chi connectivity index (χ1v) is 12.2. The number of H-pyrrole nitrogens is 1. The molecule has 2 aliphatic rings.